The highest BCUT2D eigenvalue weighted by molar-refractivity contribution is 5.72. The fraction of sp³-hybridized carbons (Fsp3) is 0.714. The van der Waals surface area contributed by atoms with Gasteiger partial charge in [-0.15, -0.1) is 0 Å². The summed E-state index contributed by atoms with van der Waals surface area (Å²) in [6.07, 6.45) is -0.737. The predicted octanol–water partition coefficient (Wildman–Crippen LogP) is -1.16. The molecule has 1 atom stereocenters. The Morgan fingerprint density at radius 3 is 1.85 bits per heavy atom. The van der Waals surface area contributed by atoms with E-state index in [0.717, 1.165) is 4.90 Å². The molecule has 0 aromatic carbocycles. The van der Waals surface area contributed by atoms with Crippen molar-refractivity contribution in [2.45, 2.75) is 13.0 Å². The lowest BCUT2D eigenvalue weighted by Crippen LogP contribution is -2.38. The van der Waals surface area contributed by atoms with Gasteiger partial charge >= 0.3 is 11.9 Å². The maximum Gasteiger partial charge on any atom is 0.317 e. The minimum atomic E-state index is -1.11. The van der Waals surface area contributed by atoms with Gasteiger partial charge < -0.3 is 15.3 Å². The molecule has 0 rings (SSSR count). The van der Waals surface area contributed by atoms with E-state index in [0.29, 0.717) is 0 Å². The van der Waals surface area contributed by atoms with Crippen molar-refractivity contribution in [2.75, 3.05) is 19.6 Å². The van der Waals surface area contributed by atoms with Crippen LogP contribution in [0, 0.1) is 0 Å². The quantitative estimate of drug-likeness (QED) is 0.489. The van der Waals surface area contributed by atoms with Crippen molar-refractivity contribution in [1.82, 2.24) is 4.90 Å². The number of carbonyl (C=O) groups is 2. The molecule has 0 saturated heterocycles. The Morgan fingerprint density at radius 1 is 1.23 bits per heavy atom. The summed E-state index contributed by atoms with van der Waals surface area (Å²) in [5.41, 5.74) is 0. The molecule has 0 bridgehead atoms. The van der Waals surface area contributed by atoms with Crippen LogP contribution in [0.5, 0.6) is 0 Å². The molecule has 0 aromatic rings. The van der Waals surface area contributed by atoms with Gasteiger partial charge in [-0.2, -0.15) is 0 Å². The Hall–Kier alpha value is -1.14. The Labute approximate surface area is 75.4 Å². The summed E-state index contributed by atoms with van der Waals surface area (Å²) in [7, 11) is 0. The average Bonchev–Trinajstić information content (AvgIpc) is 1.80. The van der Waals surface area contributed by atoms with Gasteiger partial charge in [0.1, 0.15) is 0 Å². The number of hydrogen-bond donors (Lipinski definition) is 3. The minimum absolute atomic E-state index is 0.0403. The molecule has 0 aliphatic rings. The van der Waals surface area contributed by atoms with Gasteiger partial charge in [-0.1, -0.05) is 0 Å². The number of rotatable bonds is 6. The van der Waals surface area contributed by atoms with Crippen LogP contribution >= 0.6 is 0 Å². The first kappa shape index (κ1) is 11.9. The Kier molecular flexibility index (Phi) is 5.01. The largest absolute Gasteiger partial charge is 0.480 e. The van der Waals surface area contributed by atoms with Crippen LogP contribution in [0.25, 0.3) is 0 Å². The Morgan fingerprint density at radius 2 is 1.62 bits per heavy atom. The lowest BCUT2D eigenvalue weighted by molar-refractivity contribution is -0.142. The molecule has 1 unspecified atom stereocenters. The standard InChI is InChI=1S/C7H13NO5/c1-5(9)2-8(3-6(10)11)4-7(12)13/h5,9H,2-4H2,1H3,(H,10,11)(H,12,13). The lowest BCUT2D eigenvalue weighted by atomic mass is 10.3. The molecule has 0 radical (unpaired) electrons. The summed E-state index contributed by atoms with van der Waals surface area (Å²) in [6, 6.07) is 0. The van der Waals surface area contributed by atoms with Crippen LogP contribution in [0.3, 0.4) is 0 Å². The highest BCUT2D eigenvalue weighted by atomic mass is 16.4. The first-order chi connectivity index (χ1) is 5.91. The number of aliphatic hydroxyl groups is 1. The summed E-state index contributed by atoms with van der Waals surface area (Å²) in [4.78, 5) is 21.7. The van der Waals surface area contributed by atoms with Crippen LogP contribution in [0.1, 0.15) is 6.92 Å². The zero-order valence-electron chi connectivity index (χ0n) is 7.30. The maximum absolute atomic E-state index is 10.3. The monoisotopic (exact) mass is 191 g/mol. The third-order valence-corrected chi connectivity index (χ3v) is 1.24. The normalized spacial score (nSPS) is 12.8. The molecular weight excluding hydrogens is 178 g/mol. The lowest BCUT2D eigenvalue weighted by Gasteiger charge is -2.18. The first-order valence-corrected chi connectivity index (χ1v) is 3.76. The predicted molar refractivity (Wildman–Crippen MR) is 43.4 cm³/mol. The average molecular weight is 191 g/mol. The second-order valence-electron chi connectivity index (χ2n) is 2.81. The molecule has 0 aliphatic heterocycles. The molecular formula is C7H13NO5. The van der Waals surface area contributed by atoms with E-state index in [1.165, 1.54) is 6.92 Å². The molecule has 6 nitrogen and oxygen atoms in total. The van der Waals surface area contributed by atoms with Gasteiger partial charge in [-0.05, 0) is 6.92 Å². The molecule has 0 fully saturated rings. The van der Waals surface area contributed by atoms with Gasteiger partial charge in [0.25, 0.3) is 0 Å². The maximum atomic E-state index is 10.3. The number of carboxylic acids is 2. The third kappa shape index (κ3) is 7.23. The van der Waals surface area contributed by atoms with E-state index in [1.807, 2.05) is 0 Å². The number of aliphatic hydroxyl groups excluding tert-OH is 1. The van der Waals surface area contributed by atoms with E-state index in [9.17, 15) is 9.59 Å². The molecule has 0 spiro atoms. The highest BCUT2D eigenvalue weighted by Gasteiger charge is 2.14. The van der Waals surface area contributed by atoms with Crippen LogP contribution in [0.2, 0.25) is 0 Å². The van der Waals surface area contributed by atoms with Crippen molar-refractivity contribution >= 4 is 11.9 Å². The summed E-state index contributed by atoms with van der Waals surface area (Å²) in [6.45, 7) is 0.754. The third-order valence-electron chi connectivity index (χ3n) is 1.24. The van der Waals surface area contributed by atoms with Crippen molar-refractivity contribution in [3.8, 4) is 0 Å². The van der Waals surface area contributed by atoms with Crippen molar-refractivity contribution in [3.05, 3.63) is 0 Å². The van der Waals surface area contributed by atoms with Crippen molar-refractivity contribution in [3.63, 3.8) is 0 Å². The molecule has 6 heteroatoms. The van der Waals surface area contributed by atoms with Gasteiger partial charge in [-0.3, -0.25) is 14.5 Å². The van der Waals surface area contributed by atoms with Crippen LogP contribution in [0.4, 0.5) is 0 Å². The second-order valence-corrected chi connectivity index (χ2v) is 2.81. The summed E-state index contributed by atoms with van der Waals surface area (Å²) < 4.78 is 0. The number of aliphatic carboxylic acids is 2. The molecule has 0 saturated carbocycles. The topological polar surface area (TPSA) is 98.1 Å². The van der Waals surface area contributed by atoms with Crippen LogP contribution in [-0.4, -0.2) is 57.9 Å². The molecule has 0 heterocycles. The van der Waals surface area contributed by atoms with E-state index < -0.39 is 18.0 Å². The molecule has 3 N–H and O–H groups in total. The van der Waals surface area contributed by atoms with Gasteiger partial charge in [-0.25, -0.2) is 0 Å². The molecule has 0 aromatic heterocycles. The molecule has 0 amide bonds. The fourth-order valence-corrected chi connectivity index (χ4v) is 0.941. The van der Waals surface area contributed by atoms with Crippen molar-refractivity contribution in [2.24, 2.45) is 0 Å². The molecule has 76 valence electrons. The van der Waals surface area contributed by atoms with Gasteiger partial charge in [0.05, 0.1) is 19.2 Å². The fourth-order valence-electron chi connectivity index (χ4n) is 0.941. The summed E-state index contributed by atoms with van der Waals surface area (Å²) >= 11 is 0. The minimum Gasteiger partial charge on any atom is -0.480 e. The Bertz CT molecular complexity index is 175. The SMILES string of the molecule is CC(O)CN(CC(=O)O)CC(=O)O. The zero-order valence-corrected chi connectivity index (χ0v) is 7.30. The van der Waals surface area contributed by atoms with Crippen molar-refractivity contribution < 1.29 is 24.9 Å². The van der Waals surface area contributed by atoms with E-state index in [4.69, 9.17) is 15.3 Å². The summed E-state index contributed by atoms with van der Waals surface area (Å²) in [5.74, 6) is -2.22. The van der Waals surface area contributed by atoms with Gasteiger partial charge in [0.15, 0.2) is 0 Å². The second kappa shape index (κ2) is 5.50. The van der Waals surface area contributed by atoms with E-state index in [1.54, 1.807) is 0 Å². The van der Waals surface area contributed by atoms with Gasteiger partial charge in [0.2, 0.25) is 0 Å². The number of carboxylic acid groups (broad SMARTS) is 2. The summed E-state index contributed by atoms with van der Waals surface area (Å²) in [5, 5.41) is 25.7. The highest BCUT2D eigenvalue weighted by Crippen LogP contribution is 1.91. The Balaban J connectivity index is 4.02. The first-order valence-electron chi connectivity index (χ1n) is 3.76. The van der Waals surface area contributed by atoms with Crippen LogP contribution in [0.15, 0.2) is 0 Å². The van der Waals surface area contributed by atoms with Crippen molar-refractivity contribution in [1.29, 1.82) is 0 Å². The van der Waals surface area contributed by atoms with E-state index in [-0.39, 0.29) is 19.6 Å². The zero-order chi connectivity index (χ0) is 10.4. The number of nitrogens with zero attached hydrogens (tertiary/aromatic N) is 1. The van der Waals surface area contributed by atoms with E-state index >= 15 is 0 Å². The molecule has 13 heavy (non-hydrogen) atoms. The van der Waals surface area contributed by atoms with Gasteiger partial charge in [0, 0.05) is 6.54 Å². The number of hydrogen-bond acceptors (Lipinski definition) is 4. The molecule has 0 aliphatic carbocycles. The van der Waals surface area contributed by atoms with E-state index in [2.05, 4.69) is 0 Å². The van der Waals surface area contributed by atoms with Crippen LogP contribution < -0.4 is 0 Å². The smallest absolute Gasteiger partial charge is 0.317 e. The van der Waals surface area contributed by atoms with Crippen LogP contribution in [-0.2, 0) is 9.59 Å².